The quantitative estimate of drug-likeness (QED) is 0.858. The molecule has 1 aliphatic rings. The summed E-state index contributed by atoms with van der Waals surface area (Å²) in [6.45, 7) is 7.61. The topological polar surface area (TPSA) is 51.2 Å². The minimum absolute atomic E-state index is 0.415. The van der Waals surface area contributed by atoms with Crippen LogP contribution in [-0.2, 0) is 4.74 Å². The summed E-state index contributed by atoms with van der Waals surface area (Å²) in [6.07, 6.45) is 7.23. The van der Waals surface area contributed by atoms with E-state index in [0.29, 0.717) is 0 Å². The summed E-state index contributed by atoms with van der Waals surface area (Å²) in [5.41, 5.74) is 1.72. The Balaban J connectivity index is 2.13. The zero-order valence-corrected chi connectivity index (χ0v) is 14.3. The number of amides is 1. The Morgan fingerprint density at radius 3 is 2.82 bits per heavy atom. The molecular formula is C17H22N2O2S. The molecule has 0 aliphatic carbocycles. The van der Waals surface area contributed by atoms with Crippen LogP contribution >= 0.6 is 11.8 Å². The maximum atomic E-state index is 12.0. The van der Waals surface area contributed by atoms with E-state index in [1.54, 1.807) is 18.0 Å². The summed E-state index contributed by atoms with van der Waals surface area (Å²) in [5, 5.41) is 3.73. The fourth-order valence-corrected chi connectivity index (χ4v) is 3.06. The summed E-state index contributed by atoms with van der Waals surface area (Å²) in [7, 11) is 0. The summed E-state index contributed by atoms with van der Waals surface area (Å²) >= 11 is 1.56. The van der Waals surface area contributed by atoms with E-state index in [1.807, 2.05) is 46.0 Å². The molecule has 2 rings (SSSR count). The third kappa shape index (κ3) is 4.91. The molecule has 0 unspecified atom stereocenters. The van der Waals surface area contributed by atoms with Gasteiger partial charge >= 0.3 is 6.09 Å². The van der Waals surface area contributed by atoms with Crippen LogP contribution in [0, 0.1) is 0 Å². The van der Waals surface area contributed by atoms with E-state index >= 15 is 0 Å². The highest BCUT2D eigenvalue weighted by atomic mass is 32.2. The average Bonchev–Trinajstić information content (AvgIpc) is 2.60. The van der Waals surface area contributed by atoms with Crippen molar-refractivity contribution in [2.45, 2.75) is 46.1 Å². The van der Waals surface area contributed by atoms with Gasteiger partial charge in [-0.05, 0) is 52.2 Å². The summed E-state index contributed by atoms with van der Waals surface area (Å²) in [5.74, 6) is 0. The highest BCUT2D eigenvalue weighted by Gasteiger charge is 2.20. The van der Waals surface area contributed by atoms with Crippen molar-refractivity contribution in [2.24, 2.45) is 0 Å². The zero-order chi connectivity index (χ0) is 16.2. The Labute approximate surface area is 136 Å². The second kappa shape index (κ2) is 7.01. The van der Waals surface area contributed by atoms with Gasteiger partial charge in [-0.3, -0.25) is 10.3 Å². The fraction of sp³-hybridized carbons (Fsp3) is 0.412. The number of allylic oxidation sites excluding steroid dienone is 2. The number of ether oxygens (including phenoxy) is 1. The molecule has 1 aromatic rings. The smallest absolute Gasteiger partial charge is 0.412 e. The van der Waals surface area contributed by atoms with Crippen LogP contribution in [0.1, 0.15) is 46.1 Å². The molecule has 1 N–H and O–H groups in total. The molecule has 0 bridgehead atoms. The van der Waals surface area contributed by atoms with Gasteiger partial charge in [0.2, 0.25) is 0 Å². The summed E-state index contributed by atoms with van der Waals surface area (Å²) in [4.78, 5) is 17.3. The third-order valence-electron chi connectivity index (χ3n) is 3.01. The maximum absolute atomic E-state index is 12.0. The monoisotopic (exact) mass is 318 g/mol. The highest BCUT2D eigenvalue weighted by Crippen LogP contribution is 2.37. The van der Waals surface area contributed by atoms with Crippen molar-refractivity contribution in [1.82, 2.24) is 10.3 Å². The van der Waals surface area contributed by atoms with Crippen LogP contribution in [0.15, 0.2) is 41.2 Å². The van der Waals surface area contributed by atoms with Crippen molar-refractivity contribution in [3.8, 4) is 0 Å². The highest BCUT2D eigenvalue weighted by molar-refractivity contribution is 8.11. The predicted molar refractivity (Wildman–Crippen MR) is 91.1 cm³/mol. The van der Waals surface area contributed by atoms with E-state index in [2.05, 4.69) is 16.4 Å². The molecule has 4 nitrogen and oxygen atoms in total. The number of aromatic nitrogens is 1. The van der Waals surface area contributed by atoms with Crippen LogP contribution in [0.2, 0.25) is 0 Å². The van der Waals surface area contributed by atoms with Crippen molar-refractivity contribution in [3.05, 3.63) is 46.8 Å². The van der Waals surface area contributed by atoms with Gasteiger partial charge in [0.1, 0.15) is 5.60 Å². The van der Waals surface area contributed by atoms with Gasteiger partial charge in [-0.25, -0.2) is 4.79 Å². The molecule has 118 valence electrons. The Hall–Kier alpha value is -1.75. The first-order chi connectivity index (χ1) is 10.3. The standard InChI is InChI=1S/C17H22N2O2S/c1-12-7-5-9-14(13-8-6-10-18-11-13)22-15(12)19-16(20)21-17(2,3)4/h6,8-11H,5,7H2,1-4H3,(H,19,20). The van der Waals surface area contributed by atoms with Crippen molar-refractivity contribution < 1.29 is 9.53 Å². The van der Waals surface area contributed by atoms with E-state index in [-0.39, 0.29) is 0 Å². The minimum Gasteiger partial charge on any atom is -0.444 e. The molecule has 1 aliphatic heterocycles. The van der Waals surface area contributed by atoms with E-state index in [9.17, 15) is 4.79 Å². The van der Waals surface area contributed by atoms with Crippen molar-refractivity contribution in [2.75, 3.05) is 0 Å². The van der Waals surface area contributed by atoms with E-state index in [1.165, 1.54) is 0 Å². The number of carbonyl (C=O) groups excluding carboxylic acids is 1. The van der Waals surface area contributed by atoms with Gasteiger partial charge in [0.15, 0.2) is 0 Å². The number of rotatable bonds is 2. The molecule has 0 fully saturated rings. The number of hydrogen-bond donors (Lipinski definition) is 1. The molecule has 5 heteroatoms. The van der Waals surface area contributed by atoms with E-state index in [0.717, 1.165) is 33.9 Å². The van der Waals surface area contributed by atoms with Gasteiger partial charge in [-0.1, -0.05) is 23.9 Å². The molecule has 0 saturated carbocycles. The van der Waals surface area contributed by atoms with Crippen LogP contribution in [0.4, 0.5) is 4.79 Å². The molecule has 1 amide bonds. The number of hydrogen-bond acceptors (Lipinski definition) is 4. The Morgan fingerprint density at radius 1 is 1.41 bits per heavy atom. The second-order valence-corrected chi connectivity index (χ2v) is 7.24. The van der Waals surface area contributed by atoms with Crippen molar-refractivity contribution in [1.29, 1.82) is 0 Å². The average molecular weight is 318 g/mol. The number of nitrogens with one attached hydrogen (secondary N) is 1. The maximum Gasteiger partial charge on any atom is 0.412 e. The first-order valence-corrected chi connectivity index (χ1v) is 8.15. The summed E-state index contributed by atoms with van der Waals surface area (Å²) < 4.78 is 5.34. The molecule has 2 heterocycles. The normalized spacial score (nSPS) is 15.9. The molecule has 1 aromatic heterocycles. The summed E-state index contributed by atoms with van der Waals surface area (Å²) in [6, 6.07) is 3.94. The lowest BCUT2D eigenvalue weighted by Crippen LogP contribution is -2.31. The predicted octanol–water partition coefficient (Wildman–Crippen LogP) is 4.71. The first kappa shape index (κ1) is 16.6. The first-order valence-electron chi connectivity index (χ1n) is 7.33. The number of pyridine rings is 1. The Morgan fingerprint density at radius 2 is 2.18 bits per heavy atom. The van der Waals surface area contributed by atoms with Crippen LogP contribution in [-0.4, -0.2) is 16.7 Å². The number of thioether (sulfide) groups is 1. The fourth-order valence-electron chi connectivity index (χ4n) is 1.99. The van der Waals surface area contributed by atoms with E-state index in [4.69, 9.17) is 4.74 Å². The van der Waals surface area contributed by atoms with Gasteiger partial charge in [0.05, 0.1) is 5.03 Å². The number of carbonyl (C=O) groups is 1. The molecular weight excluding hydrogens is 296 g/mol. The lowest BCUT2D eigenvalue weighted by atomic mass is 10.1. The molecule has 0 spiro atoms. The molecule has 0 aromatic carbocycles. The zero-order valence-electron chi connectivity index (χ0n) is 13.5. The van der Waals surface area contributed by atoms with Crippen LogP contribution in [0.25, 0.3) is 4.91 Å². The molecule has 22 heavy (non-hydrogen) atoms. The second-order valence-electron chi connectivity index (χ2n) is 6.19. The van der Waals surface area contributed by atoms with Gasteiger partial charge in [-0.15, -0.1) is 0 Å². The van der Waals surface area contributed by atoms with Gasteiger partial charge in [0, 0.05) is 22.9 Å². The van der Waals surface area contributed by atoms with Gasteiger partial charge in [0.25, 0.3) is 0 Å². The Bertz CT molecular complexity index is 601. The Kier molecular flexibility index (Phi) is 5.29. The third-order valence-corrected chi connectivity index (χ3v) is 4.29. The van der Waals surface area contributed by atoms with Crippen LogP contribution < -0.4 is 5.32 Å². The minimum atomic E-state index is -0.504. The lowest BCUT2D eigenvalue weighted by molar-refractivity contribution is 0.0550. The van der Waals surface area contributed by atoms with Gasteiger partial charge < -0.3 is 4.74 Å². The number of nitrogens with zero attached hydrogens (tertiary/aromatic N) is 1. The SMILES string of the molecule is CC1=C(NC(=O)OC(C)(C)C)SC(c2cccnc2)=CCC1. The number of alkyl carbamates (subject to hydrolysis) is 1. The molecule has 0 saturated heterocycles. The van der Waals surface area contributed by atoms with Crippen LogP contribution in [0.3, 0.4) is 0 Å². The van der Waals surface area contributed by atoms with Crippen molar-refractivity contribution >= 4 is 22.8 Å². The van der Waals surface area contributed by atoms with Gasteiger partial charge in [-0.2, -0.15) is 0 Å². The van der Waals surface area contributed by atoms with E-state index < -0.39 is 11.7 Å². The molecule has 0 radical (unpaired) electrons. The molecule has 0 atom stereocenters. The largest absolute Gasteiger partial charge is 0.444 e. The van der Waals surface area contributed by atoms with Crippen LogP contribution in [0.5, 0.6) is 0 Å². The van der Waals surface area contributed by atoms with Crippen molar-refractivity contribution in [3.63, 3.8) is 0 Å². The lowest BCUT2D eigenvalue weighted by Gasteiger charge is -2.21.